The molecule has 6 rings (SSSR count). The molecule has 37 heavy (non-hydrogen) atoms. The van der Waals surface area contributed by atoms with Crippen molar-refractivity contribution in [3.05, 3.63) is 0 Å². The third-order valence-corrected chi connectivity index (χ3v) is 14.5. The van der Waals surface area contributed by atoms with Gasteiger partial charge in [-0.2, -0.15) is 0 Å². The second-order valence-corrected chi connectivity index (χ2v) is 16.5. The van der Waals surface area contributed by atoms with E-state index in [1.54, 1.807) is 6.92 Å². The summed E-state index contributed by atoms with van der Waals surface area (Å²) in [4.78, 5) is 11.9. The van der Waals surface area contributed by atoms with E-state index in [1.165, 1.54) is 0 Å². The minimum Gasteiger partial charge on any atom is -0.462 e. The molecule has 11 atom stereocenters. The highest BCUT2D eigenvalue weighted by atomic mass is 16.6. The first-order valence-electron chi connectivity index (χ1n) is 15.2. The normalized spacial score (nSPS) is 57.4. The molecule has 5 heteroatoms. The number of carbonyl (C=O) groups is 1. The zero-order valence-electron chi connectivity index (χ0n) is 24.7. The molecule has 1 aliphatic heterocycles. The van der Waals surface area contributed by atoms with Crippen LogP contribution in [-0.2, 0) is 14.3 Å². The van der Waals surface area contributed by atoms with E-state index in [1.807, 2.05) is 0 Å². The molecule has 0 amide bonds. The molecule has 6 aliphatic rings. The summed E-state index contributed by atoms with van der Waals surface area (Å²) in [6.45, 7) is 18.4. The Morgan fingerprint density at radius 1 is 0.811 bits per heavy atom. The van der Waals surface area contributed by atoms with E-state index in [2.05, 4.69) is 48.5 Å². The van der Waals surface area contributed by atoms with Gasteiger partial charge in [0.25, 0.3) is 0 Å². The highest BCUT2D eigenvalue weighted by Gasteiger charge is 2.82. The average molecular weight is 517 g/mol. The molecule has 5 aliphatic carbocycles. The van der Waals surface area contributed by atoms with Gasteiger partial charge >= 0.3 is 5.97 Å². The number of rotatable bonds is 1. The van der Waals surface area contributed by atoms with Gasteiger partial charge in [-0.15, -0.1) is 0 Å². The van der Waals surface area contributed by atoms with Crippen molar-refractivity contribution in [1.82, 2.24) is 0 Å². The SMILES string of the molecule is CC(=O)O[C@H]1CC[C@@]2(C)C(CC[C@]3(C)C2CC[C@]24O[C@H](O)C5(CCC(C)(C)CC52)[C@H](O)C[C@@]43C)C1(C)C. The number of hydrogen-bond donors (Lipinski definition) is 2. The van der Waals surface area contributed by atoms with Gasteiger partial charge in [0.1, 0.15) is 6.10 Å². The lowest BCUT2D eigenvalue weighted by Crippen LogP contribution is -2.74. The number of fused-ring (bicyclic) bond motifs is 4. The fraction of sp³-hybridized carbons (Fsp3) is 0.969. The van der Waals surface area contributed by atoms with Crippen molar-refractivity contribution in [2.75, 3.05) is 0 Å². The molecular weight excluding hydrogens is 464 g/mol. The van der Waals surface area contributed by atoms with Crippen molar-refractivity contribution >= 4 is 5.97 Å². The predicted molar refractivity (Wildman–Crippen MR) is 142 cm³/mol. The summed E-state index contributed by atoms with van der Waals surface area (Å²) >= 11 is 0. The van der Waals surface area contributed by atoms with Crippen molar-refractivity contribution in [1.29, 1.82) is 0 Å². The Hall–Kier alpha value is -0.650. The fourth-order valence-electron chi connectivity index (χ4n) is 12.5. The van der Waals surface area contributed by atoms with E-state index < -0.39 is 17.8 Å². The Balaban J connectivity index is 1.42. The van der Waals surface area contributed by atoms with Crippen molar-refractivity contribution < 1.29 is 24.5 Å². The van der Waals surface area contributed by atoms with Gasteiger partial charge in [0.15, 0.2) is 6.29 Å². The van der Waals surface area contributed by atoms with E-state index in [0.29, 0.717) is 11.8 Å². The van der Waals surface area contributed by atoms with Crippen LogP contribution in [0.2, 0.25) is 0 Å². The van der Waals surface area contributed by atoms with Crippen LogP contribution < -0.4 is 0 Å². The van der Waals surface area contributed by atoms with Gasteiger partial charge in [-0.25, -0.2) is 0 Å². The van der Waals surface area contributed by atoms with Crippen molar-refractivity contribution in [3.63, 3.8) is 0 Å². The Morgan fingerprint density at radius 2 is 1.49 bits per heavy atom. The van der Waals surface area contributed by atoms with Crippen LogP contribution in [0.1, 0.15) is 120 Å². The molecule has 0 aromatic rings. The summed E-state index contributed by atoms with van der Waals surface area (Å²) in [5, 5.41) is 23.5. The quantitative estimate of drug-likeness (QED) is 0.403. The van der Waals surface area contributed by atoms with Crippen LogP contribution in [0.25, 0.3) is 0 Å². The topological polar surface area (TPSA) is 76.0 Å². The van der Waals surface area contributed by atoms with E-state index >= 15 is 0 Å². The predicted octanol–water partition coefficient (Wildman–Crippen LogP) is 6.24. The van der Waals surface area contributed by atoms with E-state index in [-0.39, 0.29) is 50.7 Å². The van der Waals surface area contributed by atoms with Crippen LogP contribution in [0.5, 0.6) is 0 Å². The summed E-state index contributed by atoms with van der Waals surface area (Å²) < 4.78 is 12.8. The Morgan fingerprint density at radius 3 is 2.16 bits per heavy atom. The lowest BCUT2D eigenvalue weighted by Gasteiger charge is -2.74. The monoisotopic (exact) mass is 516 g/mol. The summed E-state index contributed by atoms with van der Waals surface area (Å²) in [5.74, 6) is 1.04. The fourth-order valence-corrected chi connectivity index (χ4v) is 12.5. The van der Waals surface area contributed by atoms with Gasteiger partial charge in [-0.05, 0) is 92.3 Å². The molecule has 2 N–H and O–H groups in total. The summed E-state index contributed by atoms with van der Waals surface area (Å²) in [6.07, 6.45) is 8.53. The number of carbonyl (C=O) groups excluding carboxylic acids is 1. The van der Waals surface area contributed by atoms with Crippen molar-refractivity contribution in [2.24, 2.45) is 50.2 Å². The molecule has 1 spiro atoms. The minimum absolute atomic E-state index is 0.0135. The lowest BCUT2D eigenvalue weighted by atomic mass is 9.30. The molecule has 1 heterocycles. The zero-order chi connectivity index (χ0) is 27.0. The third-order valence-electron chi connectivity index (χ3n) is 14.5. The number of hydrogen-bond acceptors (Lipinski definition) is 5. The minimum atomic E-state index is -0.865. The second-order valence-electron chi connectivity index (χ2n) is 16.5. The molecule has 4 unspecified atom stereocenters. The van der Waals surface area contributed by atoms with E-state index in [0.717, 1.165) is 64.2 Å². The van der Waals surface area contributed by atoms with Gasteiger partial charge in [-0.1, -0.05) is 48.5 Å². The van der Waals surface area contributed by atoms with Gasteiger partial charge < -0.3 is 19.7 Å². The average Bonchev–Trinajstić information content (AvgIpc) is 2.98. The molecule has 0 aromatic carbocycles. The van der Waals surface area contributed by atoms with Crippen LogP contribution in [0.3, 0.4) is 0 Å². The summed E-state index contributed by atoms with van der Waals surface area (Å²) in [6, 6.07) is 0. The largest absolute Gasteiger partial charge is 0.462 e. The van der Waals surface area contributed by atoms with Gasteiger partial charge in [0, 0.05) is 23.7 Å². The van der Waals surface area contributed by atoms with Gasteiger partial charge in [0.2, 0.25) is 0 Å². The van der Waals surface area contributed by atoms with Crippen molar-refractivity contribution in [3.8, 4) is 0 Å². The molecule has 0 radical (unpaired) electrons. The first-order valence-corrected chi connectivity index (χ1v) is 15.2. The first-order chi connectivity index (χ1) is 17.0. The Bertz CT molecular complexity index is 990. The maximum absolute atomic E-state index is 11.9. The molecule has 2 bridgehead atoms. The first kappa shape index (κ1) is 26.6. The number of ether oxygens (including phenoxy) is 2. The molecule has 5 saturated carbocycles. The summed E-state index contributed by atoms with van der Waals surface area (Å²) in [7, 11) is 0. The molecule has 6 fully saturated rings. The highest BCUT2D eigenvalue weighted by Crippen LogP contribution is 2.81. The number of esters is 1. The molecule has 210 valence electrons. The maximum atomic E-state index is 11.9. The van der Waals surface area contributed by atoms with E-state index in [4.69, 9.17) is 9.47 Å². The van der Waals surface area contributed by atoms with Gasteiger partial charge in [0.05, 0.1) is 17.1 Å². The van der Waals surface area contributed by atoms with Crippen LogP contribution in [0, 0.1) is 50.2 Å². The Labute approximate surface area is 224 Å². The van der Waals surface area contributed by atoms with E-state index in [9.17, 15) is 15.0 Å². The maximum Gasteiger partial charge on any atom is 0.302 e. The number of aliphatic hydroxyl groups is 2. The van der Waals surface area contributed by atoms with Crippen LogP contribution in [-0.4, -0.2) is 40.3 Å². The second kappa shape index (κ2) is 7.55. The molecule has 1 saturated heterocycles. The number of aliphatic hydroxyl groups excluding tert-OH is 2. The lowest BCUT2D eigenvalue weighted by molar-refractivity contribution is -0.303. The standard InChI is InChI=1S/C32H52O5/c1-19(33)36-24-11-12-28(6)20(27(24,4)5)9-13-29(7)21(28)10-14-32-22-17-26(2,3)15-16-31(22,25(35)37-32)23(34)18-30(29,32)8/h20-25,34-35H,9-18H2,1-8H3/t20?,21?,22?,23-,24+,25+,28+,29-,30-,31?,32+/m1/s1. The van der Waals surface area contributed by atoms with Gasteiger partial charge in [-0.3, -0.25) is 4.79 Å². The van der Waals surface area contributed by atoms with Crippen LogP contribution in [0.4, 0.5) is 0 Å². The summed E-state index contributed by atoms with van der Waals surface area (Å²) in [5.41, 5.74) is -0.782. The molecule has 5 nitrogen and oxygen atoms in total. The third kappa shape index (κ3) is 2.95. The molecular formula is C32H52O5. The van der Waals surface area contributed by atoms with Crippen molar-refractivity contribution in [2.45, 2.75) is 144 Å². The zero-order valence-corrected chi connectivity index (χ0v) is 24.7. The molecule has 0 aromatic heterocycles. The smallest absolute Gasteiger partial charge is 0.302 e. The Kier molecular flexibility index (Phi) is 5.42. The highest BCUT2D eigenvalue weighted by molar-refractivity contribution is 5.66. The van der Waals surface area contributed by atoms with Crippen LogP contribution in [0.15, 0.2) is 0 Å². The van der Waals surface area contributed by atoms with Crippen LogP contribution >= 0.6 is 0 Å².